The Balaban J connectivity index is 1.95. The molecule has 0 aliphatic rings. The predicted molar refractivity (Wildman–Crippen MR) is 132 cm³/mol. The molecular formula is C26H25BrN2O3. The Labute approximate surface area is 196 Å². The molecule has 1 heterocycles. The van der Waals surface area contributed by atoms with Gasteiger partial charge in [0.15, 0.2) is 0 Å². The Morgan fingerprint density at radius 1 is 1.06 bits per heavy atom. The van der Waals surface area contributed by atoms with E-state index in [1.54, 1.807) is 7.11 Å². The van der Waals surface area contributed by atoms with Crippen LogP contribution in [0, 0.1) is 6.92 Å². The molecule has 6 heteroatoms. The van der Waals surface area contributed by atoms with Crippen LogP contribution in [0.3, 0.4) is 0 Å². The van der Waals surface area contributed by atoms with E-state index in [-0.39, 0.29) is 5.97 Å². The lowest BCUT2D eigenvalue weighted by Gasteiger charge is -2.14. The summed E-state index contributed by atoms with van der Waals surface area (Å²) in [5.74, 6) is 0.309. The number of para-hydroxylation sites is 1. The van der Waals surface area contributed by atoms with Crippen molar-refractivity contribution in [3.8, 4) is 11.4 Å². The molecule has 0 spiro atoms. The van der Waals surface area contributed by atoms with E-state index in [0.717, 1.165) is 32.4 Å². The molecule has 32 heavy (non-hydrogen) atoms. The number of fused-ring (bicyclic) bond motifs is 1. The standard InChI is InChI=1S/C26H25BrN2O3/c1-4-32-26(30)25-20-14-24(31-3)21(27)15-22(20)29(19-8-6-5-7-9-19)23(25)16-28-18-12-10-17(2)11-13-18/h5-15,28H,4,16H2,1-3H3. The summed E-state index contributed by atoms with van der Waals surface area (Å²) in [6, 6.07) is 22.1. The van der Waals surface area contributed by atoms with Crippen molar-refractivity contribution in [3.63, 3.8) is 0 Å². The second kappa shape index (κ2) is 9.49. The normalized spacial score (nSPS) is 10.9. The Morgan fingerprint density at radius 2 is 1.78 bits per heavy atom. The molecule has 4 aromatic rings. The number of hydrogen-bond acceptors (Lipinski definition) is 4. The summed E-state index contributed by atoms with van der Waals surface area (Å²) >= 11 is 3.60. The third-order valence-corrected chi connectivity index (χ3v) is 5.96. The second-order valence-electron chi connectivity index (χ2n) is 7.44. The first-order valence-electron chi connectivity index (χ1n) is 10.5. The van der Waals surface area contributed by atoms with Crippen molar-refractivity contribution in [2.45, 2.75) is 20.4 Å². The number of carbonyl (C=O) groups is 1. The molecule has 0 saturated carbocycles. The van der Waals surface area contributed by atoms with E-state index in [0.29, 0.717) is 24.5 Å². The number of nitrogens with zero attached hydrogens (tertiary/aromatic N) is 1. The number of esters is 1. The van der Waals surface area contributed by atoms with Crippen LogP contribution in [0.4, 0.5) is 5.69 Å². The molecule has 0 amide bonds. The first-order valence-corrected chi connectivity index (χ1v) is 11.3. The first-order chi connectivity index (χ1) is 15.5. The highest BCUT2D eigenvalue weighted by atomic mass is 79.9. The quantitative estimate of drug-likeness (QED) is 0.299. The molecular weight excluding hydrogens is 468 g/mol. The number of halogens is 1. The van der Waals surface area contributed by atoms with Crippen LogP contribution in [0.15, 0.2) is 71.2 Å². The minimum absolute atomic E-state index is 0.301. The van der Waals surface area contributed by atoms with Gasteiger partial charge in [-0.3, -0.25) is 0 Å². The highest BCUT2D eigenvalue weighted by Gasteiger charge is 2.25. The summed E-state index contributed by atoms with van der Waals surface area (Å²) < 4.78 is 13.9. The minimum atomic E-state index is -0.350. The Bertz CT molecular complexity index is 1250. The summed E-state index contributed by atoms with van der Waals surface area (Å²) in [5, 5.41) is 4.25. The van der Waals surface area contributed by atoms with Crippen LogP contribution < -0.4 is 10.1 Å². The second-order valence-corrected chi connectivity index (χ2v) is 8.29. The molecule has 0 radical (unpaired) electrons. The van der Waals surface area contributed by atoms with E-state index in [1.807, 2.05) is 61.5 Å². The molecule has 0 aliphatic carbocycles. The smallest absolute Gasteiger partial charge is 0.340 e. The highest BCUT2D eigenvalue weighted by molar-refractivity contribution is 9.10. The average molecular weight is 493 g/mol. The maximum atomic E-state index is 13.1. The molecule has 5 nitrogen and oxygen atoms in total. The largest absolute Gasteiger partial charge is 0.496 e. The first kappa shape index (κ1) is 22.0. The van der Waals surface area contributed by atoms with Crippen LogP contribution >= 0.6 is 15.9 Å². The van der Waals surface area contributed by atoms with Crippen molar-refractivity contribution in [2.75, 3.05) is 19.0 Å². The summed E-state index contributed by atoms with van der Waals surface area (Å²) in [4.78, 5) is 13.1. The number of methoxy groups -OCH3 is 1. The lowest BCUT2D eigenvalue weighted by Crippen LogP contribution is -2.13. The lowest BCUT2D eigenvalue weighted by atomic mass is 10.1. The molecule has 0 unspecified atom stereocenters. The van der Waals surface area contributed by atoms with Gasteiger partial charge in [-0.05, 0) is 66.2 Å². The van der Waals surface area contributed by atoms with Crippen molar-refractivity contribution >= 4 is 38.5 Å². The van der Waals surface area contributed by atoms with Gasteiger partial charge in [0.05, 0.1) is 41.5 Å². The third kappa shape index (κ3) is 4.23. The maximum Gasteiger partial charge on any atom is 0.340 e. The number of nitrogens with one attached hydrogen (secondary N) is 1. The Kier molecular flexibility index (Phi) is 6.51. The van der Waals surface area contributed by atoms with Crippen LogP contribution in [0.25, 0.3) is 16.6 Å². The van der Waals surface area contributed by atoms with E-state index in [1.165, 1.54) is 5.56 Å². The van der Waals surface area contributed by atoms with E-state index in [2.05, 4.69) is 44.9 Å². The Morgan fingerprint density at radius 3 is 2.44 bits per heavy atom. The van der Waals surface area contributed by atoms with Gasteiger partial charge >= 0.3 is 5.97 Å². The highest BCUT2D eigenvalue weighted by Crippen LogP contribution is 2.37. The summed E-state index contributed by atoms with van der Waals surface area (Å²) in [6.07, 6.45) is 0. The van der Waals surface area contributed by atoms with Crippen molar-refractivity contribution in [1.29, 1.82) is 0 Å². The maximum absolute atomic E-state index is 13.1. The number of hydrogen-bond donors (Lipinski definition) is 1. The minimum Gasteiger partial charge on any atom is -0.496 e. The van der Waals surface area contributed by atoms with Gasteiger partial charge in [0.2, 0.25) is 0 Å². The molecule has 0 aliphatic heterocycles. The number of anilines is 1. The van der Waals surface area contributed by atoms with Crippen LogP contribution in [-0.4, -0.2) is 24.3 Å². The SMILES string of the molecule is CCOC(=O)c1c(CNc2ccc(C)cc2)n(-c2ccccc2)c2cc(Br)c(OC)cc12. The van der Waals surface area contributed by atoms with Gasteiger partial charge in [-0.2, -0.15) is 0 Å². The van der Waals surface area contributed by atoms with Gasteiger partial charge in [-0.25, -0.2) is 4.79 Å². The molecule has 1 aromatic heterocycles. The van der Waals surface area contributed by atoms with Crippen molar-refractivity contribution in [1.82, 2.24) is 4.57 Å². The van der Waals surface area contributed by atoms with Crippen molar-refractivity contribution in [2.24, 2.45) is 0 Å². The zero-order chi connectivity index (χ0) is 22.7. The third-order valence-electron chi connectivity index (χ3n) is 5.34. The van der Waals surface area contributed by atoms with Crippen molar-refractivity contribution < 1.29 is 14.3 Å². The van der Waals surface area contributed by atoms with Gasteiger partial charge in [0.25, 0.3) is 0 Å². The van der Waals surface area contributed by atoms with Crippen LogP contribution in [0.2, 0.25) is 0 Å². The van der Waals surface area contributed by atoms with E-state index < -0.39 is 0 Å². The molecule has 0 atom stereocenters. The van der Waals surface area contributed by atoms with Gasteiger partial charge in [-0.15, -0.1) is 0 Å². The van der Waals surface area contributed by atoms with Crippen LogP contribution in [-0.2, 0) is 11.3 Å². The van der Waals surface area contributed by atoms with Gasteiger partial charge < -0.3 is 19.4 Å². The monoisotopic (exact) mass is 492 g/mol. The number of ether oxygens (including phenoxy) is 2. The van der Waals surface area contributed by atoms with Crippen molar-refractivity contribution in [3.05, 3.63) is 88.0 Å². The zero-order valence-corrected chi connectivity index (χ0v) is 19.9. The fourth-order valence-electron chi connectivity index (χ4n) is 3.82. The fraction of sp³-hybridized carbons (Fsp3) is 0.192. The van der Waals surface area contributed by atoms with Gasteiger partial charge in [-0.1, -0.05) is 35.9 Å². The summed E-state index contributed by atoms with van der Waals surface area (Å²) in [5.41, 5.74) is 5.40. The number of aromatic nitrogens is 1. The van der Waals surface area contributed by atoms with Crippen LogP contribution in [0.5, 0.6) is 5.75 Å². The zero-order valence-electron chi connectivity index (χ0n) is 18.3. The molecule has 0 fully saturated rings. The molecule has 164 valence electrons. The topological polar surface area (TPSA) is 52.5 Å². The molecule has 3 aromatic carbocycles. The van der Waals surface area contributed by atoms with E-state index >= 15 is 0 Å². The predicted octanol–water partition coefficient (Wildman–Crippen LogP) is 6.50. The van der Waals surface area contributed by atoms with E-state index in [9.17, 15) is 4.79 Å². The fourth-order valence-corrected chi connectivity index (χ4v) is 4.32. The molecule has 1 N–H and O–H groups in total. The van der Waals surface area contributed by atoms with Crippen LogP contribution in [0.1, 0.15) is 28.5 Å². The molecule has 0 saturated heterocycles. The Hall–Kier alpha value is -3.25. The summed E-state index contributed by atoms with van der Waals surface area (Å²) in [7, 11) is 1.62. The average Bonchev–Trinajstić information content (AvgIpc) is 3.11. The van der Waals surface area contributed by atoms with Gasteiger partial charge in [0.1, 0.15) is 5.75 Å². The van der Waals surface area contributed by atoms with E-state index in [4.69, 9.17) is 9.47 Å². The molecule has 4 rings (SSSR count). The number of aryl methyl sites for hydroxylation is 1. The number of carbonyl (C=O) groups excluding carboxylic acids is 1. The number of rotatable bonds is 7. The van der Waals surface area contributed by atoms with Gasteiger partial charge in [0, 0.05) is 16.8 Å². The summed E-state index contributed by atoms with van der Waals surface area (Å²) in [6.45, 7) is 4.62. The lowest BCUT2D eigenvalue weighted by molar-refractivity contribution is 0.0527. The number of benzene rings is 3. The molecule has 0 bridgehead atoms.